The molecular weight excluding hydrogens is 332 g/mol. The van der Waals surface area contributed by atoms with Crippen molar-refractivity contribution in [2.45, 2.75) is 0 Å². The fraction of sp³-hybridized carbons (Fsp3) is 0. The summed E-state index contributed by atoms with van der Waals surface area (Å²) in [5, 5.41) is 0. The van der Waals surface area contributed by atoms with Crippen LogP contribution in [0.4, 0.5) is 0 Å². The number of aldehydes is 1. The Kier molecular flexibility index (Phi) is 5.19. The molecule has 0 aromatic heterocycles. The highest BCUT2D eigenvalue weighted by Gasteiger charge is 2.13. The number of hydrogen-bond donors (Lipinski definition) is 0. The zero-order chi connectivity index (χ0) is 18.4. The summed E-state index contributed by atoms with van der Waals surface area (Å²) >= 11 is 0. The van der Waals surface area contributed by atoms with Gasteiger partial charge in [-0.05, 0) is 36.4 Å². The summed E-state index contributed by atoms with van der Waals surface area (Å²) in [7, 11) is 0. The van der Waals surface area contributed by atoms with Crippen LogP contribution in [0, 0.1) is 0 Å². The molecule has 0 aliphatic heterocycles. The molecular formula is C21H14O5. The smallest absolute Gasteiger partial charge is 0.343 e. The van der Waals surface area contributed by atoms with Gasteiger partial charge in [0.15, 0.2) is 0 Å². The number of carbonyl (C=O) groups is 3. The number of rotatable bonds is 5. The lowest BCUT2D eigenvalue weighted by Gasteiger charge is -2.09. The third-order valence-corrected chi connectivity index (χ3v) is 3.48. The molecule has 3 aromatic carbocycles. The van der Waals surface area contributed by atoms with Crippen LogP contribution < -0.4 is 9.47 Å². The largest absolute Gasteiger partial charge is 0.423 e. The molecule has 128 valence electrons. The van der Waals surface area contributed by atoms with E-state index in [1.807, 2.05) is 0 Å². The van der Waals surface area contributed by atoms with Crippen molar-refractivity contribution in [1.82, 2.24) is 0 Å². The highest BCUT2D eigenvalue weighted by molar-refractivity contribution is 5.92. The van der Waals surface area contributed by atoms with Gasteiger partial charge in [0, 0.05) is 11.6 Å². The van der Waals surface area contributed by atoms with Gasteiger partial charge >= 0.3 is 11.9 Å². The van der Waals surface area contributed by atoms with Crippen molar-refractivity contribution in [3.63, 3.8) is 0 Å². The van der Waals surface area contributed by atoms with Crippen LogP contribution in [-0.2, 0) is 0 Å². The SMILES string of the molecule is O=Cc1cc(OC(=O)c2ccccc2)cc(OC(=O)c2ccccc2)c1. The van der Waals surface area contributed by atoms with Crippen LogP contribution in [0.1, 0.15) is 31.1 Å². The van der Waals surface area contributed by atoms with Gasteiger partial charge in [-0.3, -0.25) is 4.79 Å². The first-order valence-electron chi connectivity index (χ1n) is 7.80. The molecule has 0 aliphatic rings. The molecule has 3 rings (SSSR count). The summed E-state index contributed by atoms with van der Waals surface area (Å²) in [6.45, 7) is 0. The van der Waals surface area contributed by atoms with Crippen molar-refractivity contribution in [3.05, 3.63) is 95.6 Å². The van der Waals surface area contributed by atoms with E-state index < -0.39 is 11.9 Å². The summed E-state index contributed by atoms with van der Waals surface area (Å²) in [5.41, 5.74) is 0.956. The Balaban J connectivity index is 1.81. The van der Waals surface area contributed by atoms with E-state index in [2.05, 4.69) is 0 Å². The summed E-state index contributed by atoms with van der Waals surface area (Å²) < 4.78 is 10.6. The van der Waals surface area contributed by atoms with Crippen molar-refractivity contribution in [2.75, 3.05) is 0 Å². The second kappa shape index (κ2) is 7.90. The number of carbonyl (C=O) groups excluding carboxylic acids is 3. The van der Waals surface area contributed by atoms with Crippen LogP contribution in [0.5, 0.6) is 11.5 Å². The van der Waals surface area contributed by atoms with Gasteiger partial charge in [0.2, 0.25) is 0 Å². The molecule has 5 nitrogen and oxygen atoms in total. The standard InChI is InChI=1S/C21H14O5/c22-14-15-11-18(25-20(23)16-7-3-1-4-8-16)13-19(12-15)26-21(24)17-9-5-2-6-10-17/h1-14H. The second-order valence-corrected chi connectivity index (χ2v) is 5.37. The minimum Gasteiger partial charge on any atom is -0.423 e. The van der Waals surface area contributed by atoms with Crippen LogP contribution in [0.25, 0.3) is 0 Å². The van der Waals surface area contributed by atoms with E-state index in [-0.39, 0.29) is 17.1 Å². The molecule has 0 aliphatic carbocycles. The average molecular weight is 346 g/mol. The van der Waals surface area contributed by atoms with E-state index in [1.165, 1.54) is 18.2 Å². The average Bonchev–Trinajstić information content (AvgIpc) is 2.69. The highest BCUT2D eigenvalue weighted by atomic mass is 16.5. The Labute approximate surface area is 149 Å². The maximum atomic E-state index is 12.2. The molecule has 0 heterocycles. The van der Waals surface area contributed by atoms with Gasteiger partial charge < -0.3 is 9.47 Å². The second-order valence-electron chi connectivity index (χ2n) is 5.37. The van der Waals surface area contributed by atoms with Gasteiger partial charge in [-0.25, -0.2) is 9.59 Å². The van der Waals surface area contributed by atoms with Crippen molar-refractivity contribution >= 4 is 18.2 Å². The van der Waals surface area contributed by atoms with Crippen molar-refractivity contribution in [2.24, 2.45) is 0 Å². The summed E-state index contributed by atoms with van der Waals surface area (Å²) in [6, 6.07) is 21.1. The topological polar surface area (TPSA) is 69.7 Å². The van der Waals surface area contributed by atoms with Gasteiger partial charge in [0.05, 0.1) is 11.1 Å². The summed E-state index contributed by atoms with van der Waals surface area (Å²) in [6.07, 6.45) is 0.583. The molecule has 0 spiro atoms. The van der Waals surface area contributed by atoms with Crippen molar-refractivity contribution in [3.8, 4) is 11.5 Å². The first kappa shape index (κ1) is 17.1. The molecule has 0 atom stereocenters. The van der Waals surface area contributed by atoms with Crippen LogP contribution in [0.3, 0.4) is 0 Å². The molecule has 0 radical (unpaired) electrons. The Morgan fingerprint density at radius 1 is 0.654 bits per heavy atom. The van der Waals surface area contributed by atoms with E-state index in [4.69, 9.17) is 9.47 Å². The summed E-state index contributed by atoms with van der Waals surface area (Å²) in [4.78, 5) is 35.4. The predicted octanol–water partition coefficient (Wildman–Crippen LogP) is 3.94. The molecule has 0 bridgehead atoms. The van der Waals surface area contributed by atoms with E-state index in [0.717, 1.165) is 0 Å². The Morgan fingerprint density at radius 3 is 1.46 bits per heavy atom. The normalized spacial score (nSPS) is 10.0. The van der Waals surface area contributed by atoms with Crippen LogP contribution >= 0.6 is 0 Å². The third kappa shape index (κ3) is 4.21. The minimum atomic E-state index is -0.575. The Bertz CT molecular complexity index is 861. The number of esters is 2. The van der Waals surface area contributed by atoms with Crippen molar-refractivity contribution in [1.29, 1.82) is 0 Å². The van der Waals surface area contributed by atoms with Crippen molar-refractivity contribution < 1.29 is 23.9 Å². The molecule has 0 fully saturated rings. The van der Waals surface area contributed by atoms with Crippen LogP contribution in [0.15, 0.2) is 78.9 Å². The zero-order valence-corrected chi connectivity index (χ0v) is 13.6. The predicted molar refractivity (Wildman–Crippen MR) is 94.6 cm³/mol. The molecule has 0 unspecified atom stereocenters. The molecule has 26 heavy (non-hydrogen) atoms. The van der Waals surface area contributed by atoms with E-state index in [1.54, 1.807) is 60.7 Å². The highest BCUT2D eigenvalue weighted by Crippen LogP contribution is 2.24. The minimum absolute atomic E-state index is 0.110. The fourth-order valence-corrected chi connectivity index (χ4v) is 2.26. The van der Waals surface area contributed by atoms with Gasteiger partial charge in [-0.2, -0.15) is 0 Å². The van der Waals surface area contributed by atoms with Gasteiger partial charge in [-0.15, -0.1) is 0 Å². The molecule has 3 aromatic rings. The zero-order valence-electron chi connectivity index (χ0n) is 13.6. The summed E-state index contributed by atoms with van der Waals surface area (Å²) in [5.74, 6) is -0.929. The first-order valence-corrected chi connectivity index (χ1v) is 7.80. The van der Waals surface area contributed by atoms with Crippen LogP contribution in [-0.4, -0.2) is 18.2 Å². The molecule has 5 heteroatoms. The lowest BCUT2D eigenvalue weighted by Crippen LogP contribution is -2.10. The number of benzene rings is 3. The third-order valence-electron chi connectivity index (χ3n) is 3.48. The molecule has 0 saturated heterocycles. The maximum Gasteiger partial charge on any atom is 0.343 e. The molecule has 0 N–H and O–H groups in total. The number of hydrogen-bond acceptors (Lipinski definition) is 5. The van der Waals surface area contributed by atoms with E-state index in [0.29, 0.717) is 17.4 Å². The number of ether oxygens (including phenoxy) is 2. The lowest BCUT2D eigenvalue weighted by atomic mass is 10.2. The van der Waals surface area contributed by atoms with Gasteiger partial charge in [0.25, 0.3) is 0 Å². The Morgan fingerprint density at radius 2 is 1.08 bits per heavy atom. The molecule has 0 amide bonds. The quantitative estimate of drug-likeness (QED) is 0.398. The maximum absolute atomic E-state index is 12.2. The fourth-order valence-electron chi connectivity index (χ4n) is 2.26. The lowest BCUT2D eigenvalue weighted by molar-refractivity contribution is 0.0731. The van der Waals surface area contributed by atoms with Gasteiger partial charge in [0.1, 0.15) is 17.8 Å². The first-order chi connectivity index (χ1) is 12.7. The monoisotopic (exact) mass is 346 g/mol. The molecule has 0 saturated carbocycles. The Hall–Kier alpha value is -3.73. The van der Waals surface area contributed by atoms with E-state index >= 15 is 0 Å². The van der Waals surface area contributed by atoms with Gasteiger partial charge in [-0.1, -0.05) is 36.4 Å². The van der Waals surface area contributed by atoms with E-state index in [9.17, 15) is 14.4 Å². The van der Waals surface area contributed by atoms with Crippen LogP contribution in [0.2, 0.25) is 0 Å².